The fraction of sp³-hybridized carbons (Fsp3) is 0.444. The van der Waals surface area contributed by atoms with Crippen molar-refractivity contribution in [1.82, 2.24) is 0 Å². The Labute approximate surface area is 66.5 Å². The molecule has 0 saturated heterocycles. The average molecular weight is 153 g/mol. The maximum atomic E-state index is 2.23. The summed E-state index contributed by atoms with van der Waals surface area (Å²) in [5.41, 5.74) is 1.72. The minimum absolute atomic E-state index is 0.303. The van der Waals surface area contributed by atoms with Crippen molar-refractivity contribution < 1.29 is 0 Å². The van der Waals surface area contributed by atoms with Crippen molar-refractivity contribution >= 4 is 11.3 Å². The van der Waals surface area contributed by atoms with Gasteiger partial charge in [-0.3, -0.25) is 0 Å². The molecule has 0 aliphatic heterocycles. The monoisotopic (exact) mass is 153 g/mol. The van der Waals surface area contributed by atoms with Gasteiger partial charge in [-0.05, 0) is 17.5 Å². The Morgan fingerprint density at radius 3 is 2.30 bits per heavy atom. The van der Waals surface area contributed by atoms with E-state index in [1.807, 2.05) is 0 Å². The van der Waals surface area contributed by atoms with E-state index in [0.29, 0.717) is 5.41 Å². The van der Waals surface area contributed by atoms with Gasteiger partial charge in [-0.1, -0.05) is 20.8 Å². The molecule has 54 valence electrons. The van der Waals surface area contributed by atoms with Crippen molar-refractivity contribution in [3.63, 3.8) is 0 Å². The molecule has 0 bridgehead atoms. The lowest BCUT2D eigenvalue weighted by Gasteiger charge is -2.14. The first-order valence-corrected chi connectivity index (χ1v) is 4.41. The van der Waals surface area contributed by atoms with E-state index in [0.717, 1.165) is 0 Å². The SMILES string of the molecule is CC(C)(C)c1ccc[s+]c1. The minimum atomic E-state index is 0.303. The van der Waals surface area contributed by atoms with E-state index in [-0.39, 0.29) is 0 Å². The first-order valence-electron chi connectivity index (χ1n) is 3.47. The van der Waals surface area contributed by atoms with Crippen molar-refractivity contribution in [1.29, 1.82) is 0 Å². The Morgan fingerprint density at radius 2 is 2.00 bits per heavy atom. The molecule has 0 atom stereocenters. The van der Waals surface area contributed by atoms with Crippen LogP contribution in [0.5, 0.6) is 0 Å². The standard InChI is InChI=1S/C9H13S/c1-9(2,3)8-5-4-6-10-7-8/h4-7H,1-3H3/q+1. The first-order chi connectivity index (χ1) is 4.61. The highest BCUT2D eigenvalue weighted by Gasteiger charge is 2.15. The van der Waals surface area contributed by atoms with Crippen LogP contribution in [0, 0.1) is 0 Å². The van der Waals surface area contributed by atoms with E-state index >= 15 is 0 Å². The maximum Gasteiger partial charge on any atom is 0.211 e. The van der Waals surface area contributed by atoms with E-state index < -0.39 is 0 Å². The number of hydrogen-bond donors (Lipinski definition) is 0. The van der Waals surface area contributed by atoms with Gasteiger partial charge in [0.05, 0.1) is 0 Å². The zero-order valence-electron chi connectivity index (χ0n) is 6.72. The third-order valence-corrected chi connectivity index (χ3v) is 2.20. The Hall–Kier alpha value is -0.430. The summed E-state index contributed by atoms with van der Waals surface area (Å²) in [6.45, 7) is 6.69. The van der Waals surface area contributed by atoms with Gasteiger partial charge < -0.3 is 0 Å². The fourth-order valence-electron chi connectivity index (χ4n) is 0.767. The first kappa shape index (κ1) is 7.67. The van der Waals surface area contributed by atoms with Crippen LogP contribution in [0.25, 0.3) is 0 Å². The van der Waals surface area contributed by atoms with Crippen LogP contribution in [-0.4, -0.2) is 0 Å². The second-order valence-corrected chi connectivity index (χ2v) is 4.23. The van der Waals surface area contributed by atoms with Gasteiger partial charge in [0.25, 0.3) is 0 Å². The Kier molecular flexibility index (Phi) is 2.05. The summed E-state index contributed by atoms with van der Waals surface area (Å²) < 4.78 is 0. The van der Waals surface area contributed by atoms with Crippen LogP contribution in [0.15, 0.2) is 22.9 Å². The minimum Gasteiger partial charge on any atom is -0.0559 e. The zero-order chi connectivity index (χ0) is 7.61. The Balaban J connectivity index is 2.97. The fourth-order valence-corrected chi connectivity index (χ4v) is 1.59. The lowest BCUT2D eigenvalue weighted by Crippen LogP contribution is -2.09. The molecular weight excluding hydrogens is 140 g/mol. The molecule has 0 radical (unpaired) electrons. The summed E-state index contributed by atoms with van der Waals surface area (Å²) in [5, 5.41) is 4.30. The van der Waals surface area contributed by atoms with Crippen molar-refractivity contribution in [2.24, 2.45) is 0 Å². The number of rotatable bonds is 0. The van der Waals surface area contributed by atoms with Gasteiger partial charge >= 0.3 is 0 Å². The Morgan fingerprint density at radius 1 is 1.30 bits per heavy atom. The average Bonchev–Trinajstić information content (AvgIpc) is 1.88. The van der Waals surface area contributed by atoms with E-state index in [1.54, 1.807) is 11.3 Å². The third kappa shape index (κ3) is 1.77. The van der Waals surface area contributed by atoms with Gasteiger partial charge in [-0.2, -0.15) is 0 Å². The van der Waals surface area contributed by atoms with Crippen LogP contribution in [-0.2, 0) is 5.41 Å². The maximum absolute atomic E-state index is 2.23. The second-order valence-electron chi connectivity index (χ2n) is 3.45. The molecule has 1 aromatic heterocycles. The largest absolute Gasteiger partial charge is 0.211 e. The van der Waals surface area contributed by atoms with Gasteiger partial charge in [0.2, 0.25) is 11.3 Å². The highest BCUT2D eigenvalue weighted by atomic mass is 32.1. The molecule has 10 heavy (non-hydrogen) atoms. The summed E-state index contributed by atoms with van der Waals surface area (Å²) in [6.07, 6.45) is 0. The lowest BCUT2D eigenvalue weighted by atomic mass is 9.89. The summed E-state index contributed by atoms with van der Waals surface area (Å²) in [7, 11) is 0. The normalized spacial score (nSPS) is 11.5. The predicted molar refractivity (Wildman–Crippen MR) is 47.4 cm³/mol. The molecule has 1 rings (SSSR count). The van der Waals surface area contributed by atoms with Crippen LogP contribution in [0.3, 0.4) is 0 Å². The third-order valence-electron chi connectivity index (χ3n) is 1.49. The van der Waals surface area contributed by atoms with E-state index in [4.69, 9.17) is 0 Å². The topological polar surface area (TPSA) is 0 Å². The second kappa shape index (κ2) is 2.67. The number of hydrogen-bond acceptors (Lipinski definition) is 0. The molecule has 0 nitrogen and oxygen atoms in total. The predicted octanol–water partition coefficient (Wildman–Crippen LogP) is 3.33. The van der Waals surface area contributed by atoms with Gasteiger partial charge in [-0.25, -0.2) is 0 Å². The van der Waals surface area contributed by atoms with Crippen molar-refractivity contribution in [3.8, 4) is 0 Å². The Bertz CT molecular complexity index is 196. The van der Waals surface area contributed by atoms with Gasteiger partial charge in [-0.15, -0.1) is 0 Å². The van der Waals surface area contributed by atoms with E-state index in [9.17, 15) is 0 Å². The van der Waals surface area contributed by atoms with E-state index in [2.05, 4.69) is 43.7 Å². The van der Waals surface area contributed by atoms with Crippen LogP contribution in [0.4, 0.5) is 0 Å². The highest BCUT2D eigenvalue weighted by Crippen LogP contribution is 2.22. The van der Waals surface area contributed by atoms with Gasteiger partial charge in [0.15, 0.2) is 10.8 Å². The molecule has 1 heterocycles. The molecule has 0 N–H and O–H groups in total. The lowest BCUT2D eigenvalue weighted by molar-refractivity contribution is 0.592. The zero-order valence-corrected chi connectivity index (χ0v) is 7.53. The molecule has 0 aromatic carbocycles. The molecule has 0 unspecified atom stereocenters. The van der Waals surface area contributed by atoms with Crippen LogP contribution < -0.4 is 0 Å². The summed E-state index contributed by atoms with van der Waals surface area (Å²) in [5.74, 6) is 0. The molecule has 1 aromatic rings. The molecule has 0 saturated carbocycles. The van der Waals surface area contributed by atoms with Crippen LogP contribution in [0.2, 0.25) is 0 Å². The van der Waals surface area contributed by atoms with Crippen molar-refractivity contribution in [3.05, 3.63) is 28.5 Å². The van der Waals surface area contributed by atoms with Crippen molar-refractivity contribution in [2.75, 3.05) is 0 Å². The van der Waals surface area contributed by atoms with Gasteiger partial charge in [0, 0.05) is 5.56 Å². The molecule has 0 amide bonds. The molecular formula is C9H13S+. The van der Waals surface area contributed by atoms with Gasteiger partial charge in [0.1, 0.15) is 0 Å². The van der Waals surface area contributed by atoms with Crippen LogP contribution in [0.1, 0.15) is 26.3 Å². The van der Waals surface area contributed by atoms with E-state index in [1.165, 1.54) is 5.56 Å². The quantitative estimate of drug-likeness (QED) is 0.501. The molecule has 0 fully saturated rings. The summed E-state index contributed by atoms with van der Waals surface area (Å²) in [4.78, 5) is 0. The van der Waals surface area contributed by atoms with Crippen LogP contribution >= 0.6 is 11.3 Å². The highest BCUT2D eigenvalue weighted by molar-refractivity contribution is 7.07. The summed E-state index contributed by atoms with van der Waals surface area (Å²) in [6, 6.07) is 4.28. The molecule has 0 spiro atoms. The summed E-state index contributed by atoms with van der Waals surface area (Å²) >= 11 is 1.76. The molecule has 1 heteroatoms. The molecule has 0 aliphatic carbocycles. The smallest absolute Gasteiger partial charge is 0.0559 e. The molecule has 0 aliphatic rings. The van der Waals surface area contributed by atoms with Crippen molar-refractivity contribution in [2.45, 2.75) is 26.2 Å².